The lowest BCUT2D eigenvalue weighted by Crippen LogP contribution is -2.57. The van der Waals surface area contributed by atoms with Crippen LogP contribution in [0.4, 0.5) is 0 Å². The minimum absolute atomic E-state index is 0.143. The van der Waals surface area contributed by atoms with Gasteiger partial charge in [0.2, 0.25) is 0 Å². The lowest BCUT2D eigenvalue weighted by atomic mass is 9.91. The molecule has 2 heterocycles. The van der Waals surface area contributed by atoms with Crippen molar-refractivity contribution < 1.29 is 19.4 Å². The molecule has 0 radical (unpaired) electrons. The van der Waals surface area contributed by atoms with E-state index in [1.54, 1.807) is 23.4 Å². The van der Waals surface area contributed by atoms with Gasteiger partial charge in [-0.05, 0) is 24.1 Å². The average molecular weight is 357 g/mol. The van der Waals surface area contributed by atoms with E-state index in [0.717, 1.165) is 11.1 Å². The fourth-order valence-corrected chi connectivity index (χ4v) is 3.05. The molecular weight excluding hydrogens is 334 g/mol. The number of aryl methyl sites for hydroxylation is 1. The second kappa shape index (κ2) is 8.25. The number of morpholine rings is 1. The van der Waals surface area contributed by atoms with Gasteiger partial charge < -0.3 is 19.5 Å². The second-order valence-electron chi connectivity index (χ2n) is 6.43. The van der Waals surface area contributed by atoms with Crippen molar-refractivity contribution in [2.24, 2.45) is 0 Å². The summed E-state index contributed by atoms with van der Waals surface area (Å²) < 4.78 is 11.3. The third-order valence-corrected chi connectivity index (χ3v) is 4.53. The molecule has 2 aromatic rings. The van der Waals surface area contributed by atoms with Crippen LogP contribution in [0, 0.1) is 6.92 Å². The first-order valence-corrected chi connectivity index (χ1v) is 8.59. The number of amides is 1. The van der Waals surface area contributed by atoms with Gasteiger partial charge in [0.1, 0.15) is 5.60 Å². The SMILES string of the molecule is Cc1ccccc1C[C@@]1(CO)CN(C(=O)COc2ncccn2)CCO1. The number of aromatic nitrogens is 2. The first-order valence-electron chi connectivity index (χ1n) is 8.59. The zero-order valence-corrected chi connectivity index (χ0v) is 14.8. The molecule has 3 rings (SSSR count). The monoisotopic (exact) mass is 357 g/mol. The Morgan fingerprint density at radius 3 is 2.81 bits per heavy atom. The molecule has 1 aliphatic heterocycles. The normalized spacial score (nSPS) is 20.0. The van der Waals surface area contributed by atoms with E-state index in [2.05, 4.69) is 9.97 Å². The molecule has 1 saturated heterocycles. The van der Waals surface area contributed by atoms with Crippen molar-refractivity contribution in [3.63, 3.8) is 0 Å². The van der Waals surface area contributed by atoms with Crippen LogP contribution in [0.1, 0.15) is 11.1 Å². The number of hydrogen-bond donors (Lipinski definition) is 1. The van der Waals surface area contributed by atoms with Gasteiger partial charge >= 0.3 is 6.01 Å². The summed E-state index contributed by atoms with van der Waals surface area (Å²) in [6, 6.07) is 9.84. The van der Waals surface area contributed by atoms with Crippen LogP contribution < -0.4 is 4.74 Å². The number of ether oxygens (including phenoxy) is 2. The summed E-state index contributed by atoms with van der Waals surface area (Å²) in [5, 5.41) is 9.99. The number of aliphatic hydroxyl groups is 1. The Labute approximate surface area is 152 Å². The number of rotatable bonds is 6. The summed E-state index contributed by atoms with van der Waals surface area (Å²) in [7, 11) is 0. The third-order valence-electron chi connectivity index (χ3n) is 4.53. The minimum atomic E-state index is -0.802. The van der Waals surface area contributed by atoms with Crippen molar-refractivity contribution in [3.8, 4) is 6.01 Å². The topological polar surface area (TPSA) is 84.8 Å². The molecule has 1 amide bonds. The van der Waals surface area contributed by atoms with Crippen molar-refractivity contribution in [2.45, 2.75) is 18.9 Å². The van der Waals surface area contributed by atoms with Gasteiger partial charge in [-0.1, -0.05) is 24.3 Å². The van der Waals surface area contributed by atoms with Crippen LogP contribution in [0.15, 0.2) is 42.7 Å². The van der Waals surface area contributed by atoms with Crippen molar-refractivity contribution in [3.05, 3.63) is 53.9 Å². The van der Waals surface area contributed by atoms with Crippen LogP contribution >= 0.6 is 0 Å². The zero-order chi connectivity index (χ0) is 18.4. The molecule has 1 aromatic heterocycles. The summed E-state index contributed by atoms with van der Waals surface area (Å²) in [4.78, 5) is 22.0. The molecular formula is C19H23N3O4. The number of carbonyl (C=O) groups excluding carboxylic acids is 1. The molecule has 0 saturated carbocycles. The average Bonchev–Trinajstić information content (AvgIpc) is 2.69. The van der Waals surface area contributed by atoms with E-state index in [0.29, 0.717) is 26.1 Å². The Morgan fingerprint density at radius 2 is 2.08 bits per heavy atom. The highest BCUT2D eigenvalue weighted by Gasteiger charge is 2.38. The van der Waals surface area contributed by atoms with Gasteiger partial charge in [0.05, 0.1) is 19.8 Å². The van der Waals surface area contributed by atoms with Crippen molar-refractivity contribution in [1.29, 1.82) is 0 Å². The lowest BCUT2D eigenvalue weighted by Gasteiger charge is -2.42. The Morgan fingerprint density at radius 1 is 1.31 bits per heavy atom. The van der Waals surface area contributed by atoms with Crippen LogP contribution in [0.5, 0.6) is 6.01 Å². The van der Waals surface area contributed by atoms with Crippen LogP contribution in [-0.2, 0) is 16.0 Å². The fourth-order valence-electron chi connectivity index (χ4n) is 3.05. The highest BCUT2D eigenvalue weighted by molar-refractivity contribution is 5.77. The predicted octanol–water partition coefficient (Wildman–Crippen LogP) is 0.996. The highest BCUT2D eigenvalue weighted by Crippen LogP contribution is 2.24. The smallest absolute Gasteiger partial charge is 0.316 e. The third kappa shape index (κ3) is 4.36. The molecule has 0 bridgehead atoms. The standard InChI is InChI=1S/C19H23N3O4/c1-15-5-2-3-6-16(15)11-19(14-23)13-22(9-10-26-19)17(24)12-25-18-20-7-4-8-21-18/h2-8,23H,9-14H2,1H3/t19-/m0/s1. The molecule has 138 valence electrons. The summed E-state index contributed by atoms with van der Waals surface area (Å²) in [6.45, 7) is 2.88. The van der Waals surface area contributed by atoms with Crippen LogP contribution in [0.3, 0.4) is 0 Å². The number of nitrogens with zero attached hydrogens (tertiary/aromatic N) is 3. The van der Waals surface area contributed by atoms with Crippen molar-refractivity contribution in [1.82, 2.24) is 14.9 Å². The first kappa shape index (κ1) is 18.3. The second-order valence-corrected chi connectivity index (χ2v) is 6.43. The first-order chi connectivity index (χ1) is 12.6. The van der Waals surface area contributed by atoms with Gasteiger partial charge in [0, 0.05) is 25.4 Å². The number of carbonyl (C=O) groups is 1. The molecule has 0 spiro atoms. The largest absolute Gasteiger partial charge is 0.453 e. The maximum Gasteiger partial charge on any atom is 0.316 e. The van der Waals surface area contributed by atoms with E-state index in [1.165, 1.54) is 0 Å². The van der Waals surface area contributed by atoms with Gasteiger partial charge in [0.25, 0.3) is 5.91 Å². The molecule has 0 unspecified atom stereocenters. The van der Waals surface area contributed by atoms with E-state index >= 15 is 0 Å². The number of aliphatic hydroxyl groups excluding tert-OH is 1. The van der Waals surface area contributed by atoms with E-state index in [4.69, 9.17) is 9.47 Å². The van der Waals surface area contributed by atoms with Gasteiger partial charge in [0.15, 0.2) is 6.61 Å². The van der Waals surface area contributed by atoms with Crippen molar-refractivity contribution in [2.75, 3.05) is 32.9 Å². The van der Waals surface area contributed by atoms with Crippen LogP contribution in [-0.4, -0.2) is 64.4 Å². The van der Waals surface area contributed by atoms with Gasteiger partial charge in [-0.2, -0.15) is 0 Å². The molecule has 1 fully saturated rings. The Kier molecular flexibility index (Phi) is 5.80. The molecule has 1 aliphatic rings. The molecule has 26 heavy (non-hydrogen) atoms. The molecule has 7 heteroatoms. The highest BCUT2D eigenvalue weighted by atomic mass is 16.5. The summed E-state index contributed by atoms with van der Waals surface area (Å²) >= 11 is 0. The Bertz CT molecular complexity index is 741. The van der Waals surface area contributed by atoms with E-state index < -0.39 is 5.60 Å². The lowest BCUT2D eigenvalue weighted by molar-refractivity contribution is -0.159. The molecule has 0 aliphatic carbocycles. The van der Waals surface area contributed by atoms with E-state index in [-0.39, 0.29) is 25.1 Å². The maximum atomic E-state index is 12.5. The Balaban J connectivity index is 1.64. The van der Waals surface area contributed by atoms with Crippen molar-refractivity contribution >= 4 is 5.91 Å². The molecule has 1 N–H and O–H groups in total. The van der Waals surface area contributed by atoms with Gasteiger partial charge in [-0.25, -0.2) is 9.97 Å². The Hall–Kier alpha value is -2.51. The van der Waals surface area contributed by atoms with E-state index in [1.807, 2.05) is 31.2 Å². The molecule has 7 nitrogen and oxygen atoms in total. The molecule has 1 aromatic carbocycles. The maximum absolute atomic E-state index is 12.5. The fraction of sp³-hybridized carbons (Fsp3) is 0.421. The van der Waals surface area contributed by atoms with E-state index in [9.17, 15) is 9.90 Å². The summed E-state index contributed by atoms with van der Waals surface area (Å²) in [6.07, 6.45) is 3.66. The number of benzene rings is 1. The predicted molar refractivity (Wildman–Crippen MR) is 94.8 cm³/mol. The zero-order valence-electron chi connectivity index (χ0n) is 14.8. The van der Waals surface area contributed by atoms with Gasteiger partial charge in [-0.15, -0.1) is 0 Å². The summed E-state index contributed by atoms with van der Waals surface area (Å²) in [5.41, 5.74) is 1.44. The number of hydrogen-bond acceptors (Lipinski definition) is 6. The molecule has 1 atom stereocenters. The minimum Gasteiger partial charge on any atom is -0.453 e. The quantitative estimate of drug-likeness (QED) is 0.830. The van der Waals surface area contributed by atoms with Crippen LogP contribution in [0.25, 0.3) is 0 Å². The van der Waals surface area contributed by atoms with Gasteiger partial charge in [-0.3, -0.25) is 4.79 Å². The summed E-state index contributed by atoms with van der Waals surface area (Å²) in [5.74, 6) is -0.177. The van der Waals surface area contributed by atoms with Crippen LogP contribution in [0.2, 0.25) is 0 Å².